The van der Waals surface area contributed by atoms with Gasteiger partial charge < -0.3 is 10.4 Å². The Hall–Kier alpha value is -1.02. The summed E-state index contributed by atoms with van der Waals surface area (Å²) in [6.07, 6.45) is 4.95. The maximum absolute atomic E-state index is 9.41. The molecule has 1 aromatic rings. The van der Waals surface area contributed by atoms with Crippen LogP contribution in [-0.4, -0.2) is 17.7 Å². The summed E-state index contributed by atoms with van der Waals surface area (Å²) in [5.74, 6) is 1.06. The first kappa shape index (κ1) is 11.5. The third kappa shape index (κ3) is 3.53. The molecule has 2 rings (SSSR count). The standard InChI is InChI=1S/C14H21NO/c1-2-11(10-15-13-6-7-13)8-12-4-3-5-14(16)9-12/h3-5,9,11,13,15-16H,2,6-8,10H2,1H3. The van der Waals surface area contributed by atoms with Gasteiger partial charge in [-0.15, -0.1) is 0 Å². The first-order valence-electron chi connectivity index (χ1n) is 6.29. The Morgan fingerprint density at radius 3 is 2.88 bits per heavy atom. The highest BCUT2D eigenvalue weighted by Gasteiger charge is 2.21. The van der Waals surface area contributed by atoms with E-state index in [-0.39, 0.29) is 0 Å². The van der Waals surface area contributed by atoms with Crippen LogP contribution in [0.3, 0.4) is 0 Å². The van der Waals surface area contributed by atoms with Crippen molar-refractivity contribution in [1.82, 2.24) is 5.32 Å². The molecule has 88 valence electrons. The molecule has 1 fully saturated rings. The van der Waals surface area contributed by atoms with E-state index >= 15 is 0 Å². The van der Waals surface area contributed by atoms with Crippen molar-refractivity contribution < 1.29 is 5.11 Å². The Bertz CT molecular complexity index is 333. The average Bonchev–Trinajstić information content (AvgIpc) is 3.08. The van der Waals surface area contributed by atoms with E-state index in [0.29, 0.717) is 11.7 Å². The smallest absolute Gasteiger partial charge is 0.115 e. The van der Waals surface area contributed by atoms with Crippen LogP contribution in [0.25, 0.3) is 0 Å². The molecule has 1 atom stereocenters. The number of phenolic OH excluding ortho intramolecular Hbond substituents is 1. The van der Waals surface area contributed by atoms with Gasteiger partial charge in [0.15, 0.2) is 0 Å². The average molecular weight is 219 g/mol. The summed E-state index contributed by atoms with van der Waals surface area (Å²) in [6.45, 7) is 3.35. The number of rotatable bonds is 6. The van der Waals surface area contributed by atoms with E-state index in [2.05, 4.69) is 18.3 Å². The minimum atomic E-state index is 0.377. The predicted molar refractivity (Wildman–Crippen MR) is 66.6 cm³/mol. The summed E-state index contributed by atoms with van der Waals surface area (Å²) in [5.41, 5.74) is 1.24. The Morgan fingerprint density at radius 1 is 1.44 bits per heavy atom. The number of hydrogen-bond donors (Lipinski definition) is 2. The third-order valence-corrected chi connectivity index (χ3v) is 3.28. The zero-order chi connectivity index (χ0) is 11.4. The van der Waals surface area contributed by atoms with Gasteiger partial charge in [-0.1, -0.05) is 25.5 Å². The molecule has 2 nitrogen and oxygen atoms in total. The molecule has 1 saturated carbocycles. The fourth-order valence-corrected chi connectivity index (χ4v) is 2.00. The molecular formula is C14H21NO. The first-order chi connectivity index (χ1) is 7.78. The SMILES string of the molecule is CCC(CNC1CC1)Cc1cccc(O)c1. The van der Waals surface area contributed by atoms with E-state index < -0.39 is 0 Å². The van der Waals surface area contributed by atoms with Crippen LogP contribution >= 0.6 is 0 Å². The molecule has 0 aromatic heterocycles. The molecule has 0 amide bonds. The molecule has 0 bridgehead atoms. The fraction of sp³-hybridized carbons (Fsp3) is 0.571. The maximum Gasteiger partial charge on any atom is 0.115 e. The van der Waals surface area contributed by atoms with Crippen LogP contribution in [0.5, 0.6) is 5.75 Å². The van der Waals surface area contributed by atoms with Crippen molar-refractivity contribution in [2.75, 3.05) is 6.54 Å². The molecular weight excluding hydrogens is 198 g/mol. The zero-order valence-corrected chi connectivity index (χ0v) is 9.95. The van der Waals surface area contributed by atoms with E-state index in [1.54, 1.807) is 6.07 Å². The van der Waals surface area contributed by atoms with Gasteiger partial charge >= 0.3 is 0 Å². The van der Waals surface area contributed by atoms with Gasteiger partial charge in [0.05, 0.1) is 0 Å². The van der Waals surface area contributed by atoms with Crippen molar-refractivity contribution in [3.63, 3.8) is 0 Å². The summed E-state index contributed by atoms with van der Waals surface area (Å²) in [5, 5.41) is 13.0. The lowest BCUT2D eigenvalue weighted by atomic mass is 9.96. The van der Waals surface area contributed by atoms with Crippen molar-refractivity contribution >= 4 is 0 Å². The Balaban J connectivity index is 1.84. The molecule has 0 spiro atoms. The van der Waals surface area contributed by atoms with Crippen molar-refractivity contribution in [2.45, 2.75) is 38.6 Å². The molecule has 16 heavy (non-hydrogen) atoms. The lowest BCUT2D eigenvalue weighted by molar-refractivity contribution is 0.453. The molecule has 0 heterocycles. The fourth-order valence-electron chi connectivity index (χ4n) is 2.00. The summed E-state index contributed by atoms with van der Waals surface area (Å²) in [6, 6.07) is 8.41. The van der Waals surface area contributed by atoms with Crippen LogP contribution in [0.1, 0.15) is 31.7 Å². The van der Waals surface area contributed by atoms with Gasteiger partial charge in [0.2, 0.25) is 0 Å². The molecule has 2 N–H and O–H groups in total. The molecule has 2 heteroatoms. The van der Waals surface area contributed by atoms with E-state index in [1.165, 1.54) is 24.8 Å². The van der Waals surface area contributed by atoms with Gasteiger partial charge in [-0.05, 0) is 49.4 Å². The Kier molecular flexibility index (Phi) is 3.83. The van der Waals surface area contributed by atoms with Gasteiger partial charge in [0.25, 0.3) is 0 Å². The number of benzene rings is 1. The summed E-state index contributed by atoms with van der Waals surface area (Å²) < 4.78 is 0. The third-order valence-electron chi connectivity index (χ3n) is 3.28. The molecule has 1 aliphatic rings. The summed E-state index contributed by atoms with van der Waals surface area (Å²) in [7, 11) is 0. The lowest BCUT2D eigenvalue weighted by Gasteiger charge is -2.15. The predicted octanol–water partition coefficient (Wildman–Crippen LogP) is 2.71. The molecule has 0 radical (unpaired) electrons. The number of aromatic hydroxyl groups is 1. The topological polar surface area (TPSA) is 32.3 Å². The highest BCUT2D eigenvalue weighted by atomic mass is 16.3. The quantitative estimate of drug-likeness (QED) is 0.771. The molecule has 0 aliphatic heterocycles. The Labute approximate surface area is 97.7 Å². The molecule has 1 unspecified atom stereocenters. The number of phenols is 1. The van der Waals surface area contributed by atoms with E-state index in [4.69, 9.17) is 0 Å². The largest absolute Gasteiger partial charge is 0.508 e. The normalized spacial score (nSPS) is 17.3. The van der Waals surface area contributed by atoms with Crippen LogP contribution in [0, 0.1) is 5.92 Å². The minimum absolute atomic E-state index is 0.377. The number of hydrogen-bond acceptors (Lipinski definition) is 2. The van der Waals surface area contributed by atoms with Gasteiger partial charge in [-0.3, -0.25) is 0 Å². The second-order valence-corrected chi connectivity index (χ2v) is 4.83. The van der Waals surface area contributed by atoms with Crippen molar-refractivity contribution in [3.05, 3.63) is 29.8 Å². The van der Waals surface area contributed by atoms with Crippen LogP contribution in [0.15, 0.2) is 24.3 Å². The minimum Gasteiger partial charge on any atom is -0.508 e. The first-order valence-corrected chi connectivity index (χ1v) is 6.29. The molecule has 0 saturated heterocycles. The van der Waals surface area contributed by atoms with Crippen LogP contribution < -0.4 is 5.32 Å². The van der Waals surface area contributed by atoms with Crippen molar-refractivity contribution in [2.24, 2.45) is 5.92 Å². The zero-order valence-electron chi connectivity index (χ0n) is 9.95. The summed E-state index contributed by atoms with van der Waals surface area (Å²) in [4.78, 5) is 0. The lowest BCUT2D eigenvalue weighted by Crippen LogP contribution is -2.25. The highest BCUT2D eigenvalue weighted by molar-refractivity contribution is 5.27. The van der Waals surface area contributed by atoms with Crippen molar-refractivity contribution in [1.29, 1.82) is 0 Å². The van der Waals surface area contributed by atoms with Crippen molar-refractivity contribution in [3.8, 4) is 5.75 Å². The van der Waals surface area contributed by atoms with Gasteiger partial charge in [-0.25, -0.2) is 0 Å². The Morgan fingerprint density at radius 2 is 2.25 bits per heavy atom. The van der Waals surface area contributed by atoms with E-state index in [9.17, 15) is 5.11 Å². The van der Waals surface area contributed by atoms with Gasteiger partial charge in [-0.2, -0.15) is 0 Å². The van der Waals surface area contributed by atoms with E-state index in [0.717, 1.165) is 19.0 Å². The van der Waals surface area contributed by atoms with Crippen LogP contribution in [0.2, 0.25) is 0 Å². The van der Waals surface area contributed by atoms with Gasteiger partial charge in [0, 0.05) is 6.04 Å². The van der Waals surface area contributed by atoms with E-state index in [1.807, 2.05) is 12.1 Å². The summed E-state index contributed by atoms with van der Waals surface area (Å²) >= 11 is 0. The number of nitrogens with one attached hydrogen (secondary N) is 1. The second-order valence-electron chi connectivity index (χ2n) is 4.83. The molecule has 1 aliphatic carbocycles. The monoisotopic (exact) mass is 219 g/mol. The maximum atomic E-state index is 9.41. The second kappa shape index (κ2) is 5.35. The van der Waals surface area contributed by atoms with Crippen LogP contribution in [0.4, 0.5) is 0 Å². The van der Waals surface area contributed by atoms with Gasteiger partial charge in [0.1, 0.15) is 5.75 Å². The molecule has 1 aromatic carbocycles. The van der Waals surface area contributed by atoms with Crippen LogP contribution in [-0.2, 0) is 6.42 Å². The highest BCUT2D eigenvalue weighted by Crippen LogP contribution is 2.21.